The Balaban J connectivity index is 1.89. The van der Waals surface area contributed by atoms with Crippen LogP contribution in [0.25, 0.3) is 0 Å². The van der Waals surface area contributed by atoms with Gasteiger partial charge < -0.3 is 10.1 Å². The van der Waals surface area contributed by atoms with Crippen molar-refractivity contribution in [2.75, 3.05) is 19.0 Å². The lowest BCUT2D eigenvalue weighted by molar-refractivity contribution is -0.119. The summed E-state index contributed by atoms with van der Waals surface area (Å²) >= 11 is 1.73. The standard InChI is InChI=1S/C17H21N3O2S/c1-11-8-16(13(3)23-11)12(2)19-20-17(21)10-18-14-6-5-7-15(9-14)22-4/h5-9,18H,10H2,1-4H3,(H,20,21)/b19-12-. The molecule has 0 bridgehead atoms. The van der Waals surface area contributed by atoms with E-state index in [-0.39, 0.29) is 12.5 Å². The summed E-state index contributed by atoms with van der Waals surface area (Å²) in [4.78, 5) is 14.3. The van der Waals surface area contributed by atoms with Gasteiger partial charge in [0.1, 0.15) is 5.75 Å². The summed E-state index contributed by atoms with van der Waals surface area (Å²) in [6.07, 6.45) is 0. The highest BCUT2D eigenvalue weighted by Crippen LogP contribution is 2.21. The quantitative estimate of drug-likeness (QED) is 0.630. The fraction of sp³-hybridized carbons (Fsp3) is 0.294. The number of hydrazone groups is 1. The van der Waals surface area contributed by atoms with Crippen molar-refractivity contribution < 1.29 is 9.53 Å². The van der Waals surface area contributed by atoms with E-state index in [1.807, 2.05) is 31.2 Å². The molecular weight excluding hydrogens is 310 g/mol. The second-order valence-corrected chi connectivity index (χ2v) is 6.61. The van der Waals surface area contributed by atoms with E-state index in [9.17, 15) is 4.79 Å². The number of methoxy groups -OCH3 is 1. The minimum absolute atomic E-state index is 0.144. The number of ether oxygens (including phenoxy) is 1. The zero-order valence-corrected chi connectivity index (χ0v) is 14.6. The number of nitrogens with one attached hydrogen (secondary N) is 2. The number of carbonyl (C=O) groups is 1. The number of benzene rings is 1. The van der Waals surface area contributed by atoms with E-state index in [2.05, 4.69) is 35.8 Å². The van der Waals surface area contributed by atoms with E-state index in [0.29, 0.717) is 0 Å². The minimum Gasteiger partial charge on any atom is -0.497 e. The van der Waals surface area contributed by atoms with Crippen molar-refractivity contribution in [3.63, 3.8) is 0 Å². The molecule has 0 aliphatic heterocycles. The highest BCUT2D eigenvalue weighted by atomic mass is 32.1. The Morgan fingerprint density at radius 2 is 2.09 bits per heavy atom. The molecule has 0 aliphatic rings. The lowest BCUT2D eigenvalue weighted by Crippen LogP contribution is -2.26. The van der Waals surface area contributed by atoms with E-state index in [0.717, 1.165) is 22.7 Å². The number of anilines is 1. The maximum absolute atomic E-state index is 11.9. The largest absolute Gasteiger partial charge is 0.497 e. The molecule has 6 heteroatoms. The predicted molar refractivity (Wildman–Crippen MR) is 95.6 cm³/mol. The van der Waals surface area contributed by atoms with Crippen molar-refractivity contribution in [1.82, 2.24) is 5.43 Å². The van der Waals surface area contributed by atoms with Crippen LogP contribution in [0, 0.1) is 13.8 Å². The van der Waals surface area contributed by atoms with Gasteiger partial charge >= 0.3 is 0 Å². The van der Waals surface area contributed by atoms with Gasteiger partial charge in [-0.25, -0.2) is 5.43 Å². The van der Waals surface area contributed by atoms with Gasteiger partial charge in [-0.05, 0) is 39.0 Å². The summed E-state index contributed by atoms with van der Waals surface area (Å²) in [5, 5.41) is 7.21. The summed E-state index contributed by atoms with van der Waals surface area (Å²) < 4.78 is 5.14. The highest BCUT2D eigenvalue weighted by Gasteiger charge is 2.07. The highest BCUT2D eigenvalue weighted by molar-refractivity contribution is 7.12. The van der Waals surface area contributed by atoms with Crippen LogP contribution in [0.4, 0.5) is 5.69 Å². The third-order valence-corrected chi connectivity index (χ3v) is 4.27. The molecule has 0 saturated carbocycles. The topological polar surface area (TPSA) is 62.7 Å². The van der Waals surface area contributed by atoms with Crippen LogP contribution < -0.4 is 15.5 Å². The molecular formula is C17H21N3O2S. The minimum atomic E-state index is -0.197. The number of carbonyl (C=O) groups excluding carboxylic acids is 1. The van der Waals surface area contributed by atoms with Crippen LogP contribution in [0.3, 0.4) is 0 Å². The summed E-state index contributed by atoms with van der Waals surface area (Å²) in [5.74, 6) is 0.546. The van der Waals surface area contributed by atoms with Gasteiger partial charge in [0.25, 0.3) is 5.91 Å². The van der Waals surface area contributed by atoms with Crippen molar-refractivity contribution in [1.29, 1.82) is 0 Å². The van der Waals surface area contributed by atoms with Crippen LogP contribution in [-0.4, -0.2) is 25.3 Å². The number of hydrogen-bond donors (Lipinski definition) is 2. The Bertz CT molecular complexity index is 722. The van der Waals surface area contributed by atoms with Gasteiger partial charge in [0.05, 0.1) is 19.4 Å². The van der Waals surface area contributed by atoms with Gasteiger partial charge in [-0.15, -0.1) is 11.3 Å². The first-order valence-corrected chi connectivity index (χ1v) is 8.09. The van der Waals surface area contributed by atoms with Gasteiger partial charge in [0.15, 0.2) is 0 Å². The Morgan fingerprint density at radius 1 is 1.30 bits per heavy atom. The van der Waals surface area contributed by atoms with Crippen molar-refractivity contribution in [2.24, 2.45) is 5.10 Å². The van der Waals surface area contributed by atoms with E-state index >= 15 is 0 Å². The van der Waals surface area contributed by atoms with E-state index in [4.69, 9.17) is 4.74 Å². The maximum atomic E-state index is 11.9. The first kappa shape index (κ1) is 17.0. The van der Waals surface area contributed by atoms with Gasteiger partial charge in [0, 0.05) is 27.1 Å². The molecule has 5 nitrogen and oxygen atoms in total. The summed E-state index contributed by atoms with van der Waals surface area (Å²) in [6, 6.07) is 9.51. The van der Waals surface area contributed by atoms with Crippen LogP contribution in [0.5, 0.6) is 5.75 Å². The summed E-state index contributed by atoms with van der Waals surface area (Å²) in [5.41, 5.74) is 5.28. The predicted octanol–water partition coefficient (Wildman–Crippen LogP) is 3.33. The molecule has 0 fully saturated rings. The normalized spacial score (nSPS) is 11.2. The lowest BCUT2D eigenvalue weighted by Gasteiger charge is -2.07. The molecule has 122 valence electrons. The number of thiophene rings is 1. The van der Waals surface area contributed by atoms with E-state index in [1.54, 1.807) is 18.4 Å². The van der Waals surface area contributed by atoms with E-state index in [1.165, 1.54) is 9.75 Å². The monoisotopic (exact) mass is 331 g/mol. The number of hydrogen-bond acceptors (Lipinski definition) is 5. The Morgan fingerprint density at radius 3 is 2.74 bits per heavy atom. The molecule has 0 spiro atoms. The first-order valence-electron chi connectivity index (χ1n) is 7.28. The van der Waals surface area contributed by atoms with Crippen LogP contribution in [0.2, 0.25) is 0 Å². The van der Waals surface area contributed by atoms with Crippen LogP contribution >= 0.6 is 11.3 Å². The van der Waals surface area contributed by atoms with Crippen LogP contribution in [0.1, 0.15) is 22.2 Å². The second kappa shape index (κ2) is 7.78. The Hall–Kier alpha value is -2.34. The van der Waals surface area contributed by atoms with Gasteiger partial charge in [0.2, 0.25) is 0 Å². The molecule has 0 unspecified atom stereocenters. The molecule has 0 atom stereocenters. The average molecular weight is 331 g/mol. The van der Waals surface area contributed by atoms with Crippen molar-refractivity contribution >= 4 is 28.6 Å². The maximum Gasteiger partial charge on any atom is 0.259 e. The first-order chi connectivity index (χ1) is 11.0. The molecule has 1 aromatic carbocycles. The number of nitrogens with zero attached hydrogens (tertiary/aromatic N) is 1. The smallest absolute Gasteiger partial charge is 0.259 e. The second-order valence-electron chi connectivity index (χ2n) is 5.14. The van der Waals surface area contributed by atoms with Gasteiger partial charge in [-0.3, -0.25) is 4.79 Å². The summed E-state index contributed by atoms with van der Waals surface area (Å²) in [7, 11) is 1.61. The molecule has 0 radical (unpaired) electrons. The number of rotatable bonds is 6. The molecule has 1 amide bonds. The molecule has 0 saturated heterocycles. The lowest BCUT2D eigenvalue weighted by atomic mass is 10.2. The summed E-state index contributed by atoms with van der Waals surface area (Å²) in [6.45, 7) is 6.15. The Labute approximate surface area is 140 Å². The average Bonchev–Trinajstić information content (AvgIpc) is 2.89. The van der Waals surface area contributed by atoms with E-state index < -0.39 is 0 Å². The molecule has 2 aromatic rings. The van der Waals surface area contributed by atoms with Crippen molar-refractivity contribution in [3.8, 4) is 5.75 Å². The van der Waals surface area contributed by atoms with Crippen LogP contribution in [0.15, 0.2) is 35.4 Å². The number of amides is 1. The number of aryl methyl sites for hydroxylation is 2. The molecule has 2 N–H and O–H groups in total. The molecule has 1 aromatic heterocycles. The zero-order valence-electron chi connectivity index (χ0n) is 13.8. The molecule has 2 rings (SSSR count). The SMILES string of the molecule is COc1cccc(NCC(=O)N/N=C(/C)c2cc(C)sc2C)c1. The zero-order chi connectivity index (χ0) is 16.8. The van der Waals surface area contributed by atoms with Gasteiger partial charge in [-0.1, -0.05) is 6.07 Å². The Kier molecular flexibility index (Phi) is 5.76. The molecule has 0 aliphatic carbocycles. The van der Waals surface area contributed by atoms with Crippen molar-refractivity contribution in [3.05, 3.63) is 45.6 Å². The fourth-order valence-corrected chi connectivity index (χ4v) is 3.13. The fourth-order valence-electron chi connectivity index (χ4n) is 2.15. The van der Waals surface area contributed by atoms with Crippen molar-refractivity contribution in [2.45, 2.75) is 20.8 Å². The molecule has 23 heavy (non-hydrogen) atoms. The van der Waals surface area contributed by atoms with Gasteiger partial charge in [-0.2, -0.15) is 5.10 Å². The third kappa shape index (κ3) is 4.82. The molecule has 1 heterocycles. The third-order valence-electron chi connectivity index (χ3n) is 3.30. The van der Waals surface area contributed by atoms with Crippen LogP contribution in [-0.2, 0) is 4.79 Å².